The molecule has 0 aliphatic rings. The van der Waals surface area contributed by atoms with Crippen LogP contribution in [0.25, 0.3) is 0 Å². The van der Waals surface area contributed by atoms with Crippen molar-refractivity contribution in [2.24, 2.45) is 0 Å². The molecule has 0 amide bonds. The SMILES string of the molecule is CCCCCCn1cc(COc2ccc(F)cc2C=O)nn1. The molecule has 1 aromatic heterocycles. The Labute approximate surface area is 129 Å². The van der Waals surface area contributed by atoms with Crippen molar-refractivity contribution in [1.29, 1.82) is 0 Å². The second-order valence-corrected chi connectivity index (χ2v) is 5.12. The number of carbonyl (C=O) groups excluding carboxylic acids is 1. The van der Waals surface area contributed by atoms with Crippen LogP contribution < -0.4 is 4.74 Å². The zero-order valence-corrected chi connectivity index (χ0v) is 12.7. The number of aryl methyl sites for hydroxylation is 1. The van der Waals surface area contributed by atoms with Crippen molar-refractivity contribution in [3.63, 3.8) is 0 Å². The molecule has 0 saturated heterocycles. The summed E-state index contributed by atoms with van der Waals surface area (Å²) in [5.74, 6) is -0.124. The van der Waals surface area contributed by atoms with E-state index < -0.39 is 5.82 Å². The number of hydrogen-bond donors (Lipinski definition) is 0. The van der Waals surface area contributed by atoms with Gasteiger partial charge in [0, 0.05) is 6.54 Å². The first-order valence-corrected chi connectivity index (χ1v) is 7.49. The fraction of sp³-hybridized carbons (Fsp3) is 0.438. The number of ether oxygens (including phenoxy) is 1. The van der Waals surface area contributed by atoms with Crippen LogP contribution in [0.1, 0.15) is 48.7 Å². The molecule has 2 rings (SSSR count). The average molecular weight is 305 g/mol. The van der Waals surface area contributed by atoms with E-state index in [4.69, 9.17) is 4.74 Å². The zero-order valence-electron chi connectivity index (χ0n) is 12.7. The topological polar surface area (TPSA) is 57.0 Å². The maximum atomic E-state index is 13.0. The van der Waals surface area contributed by atoms with Gasteiger partial charge < -0.3 is 4.74 Å². The Balaban J connectivity index is 1.87. The number of unbranched alkanes of at least 4 members (excludes halogenated alkanes) is 3. The van der Waals surface area contributed by atoms with Gasteiger partial charge in [0.05, 0.1) is 11.8 Å². The van der Waals surface area contributed by atoms with Crippen molar-refractivity contribution < 1.29 is 13.9 Å². The van der Waals surface area contributed by atoms with Crippen LogP contribution in [0.4, 0.5) is 4.39 Å². The number of aldehydes is 1. The van der Waals surface area contributed by atoms with E-state index in [0.717, 1.165) is 19.0 Å². The van der Waals surface area contributed by atoms with Gasteiger partial charge in [-0.3, -0.25) is 9.48 Å². The van der Waals surface area contributed by atoms with Crippen LogP contribution in [0.2, 0.25) is 0 Å². The average Bonchev–Trinajstić information content (AvgIpc) is 2.98. The predicted octanol–water partition coefficient (Wildman–Crippen LogP) is 3.39. The van der Waals surface area contributed by atoms with E-state index >= 15 is 0 Å². The minimum absolute atomic E-state index is 0.187. The number of hydrogen-bond acceptors (Lipinski definition) is 4. The Morgan fingerprint density at radius 3 is 2.95 bits per heavy atom. The summed E-state index contributed by atoms with van der Waals surface area (Å²) < 4.78 is 20.3. The van der Waals surface area contributed by atoms with Gasteiger partial charge in [-0.25, -0.2) is 4.39 Å². The summed E-state index contributed by atoms with van der Waals surface area (Å²) in [5, 5.41) is 8.07. The molecule has 118 valence electrons. The lowest BCUT2D eigenvalue weighted by Crippen LogP contribution is -1.99. The van der Waals surface area contributed by atoms with E-state index in [1.54, 1.807) is 4.68 Å². The van der Waals surface area contributed by atoms with Crippen LogP contribution in [0, 0.1) is 5.82 Å². The summed E-state index contributed by atoms with van der Waals surface area (Å²) in [6, 6.07) is 3.84. The maximum Gasteiger partial charge on any atom is 0.153 e. The van der Waals surface area contributed by atoms with Crippen molar-refractivity contribution in [2.45, 2.75) is 45.8 Å². The van der Waals surface area contributed by atoms with E-state index in [-0.39, 0.29) is 12.2 Å². The van der Waals surface area contributed by atoms with Gasteiger partial charge in [-0.15, -0.1) is 5.10 Å². The molecular formula is C16H20FN3O2. The molecule has 2 aromatic rings. The molecule has 0 spiro atoms. The summed E-state index contributed by atoms with van der Waals surface area (Å²) in [6.45, 7) is 3.21. The molecule has 5 nitrogen and oxygen atoms in total. The zero-order chi connectivity index (χ0) is 15.8. The molecule has 0 aliphatic heterocycles. The molecule has 0 atom stereocenters. The second kappa shape index (κ2) is 8.26. The predicted molar refractivity (Wildman–Crippen MR) is 80.3 cm³/mol. The fourth-order valence-corrected chi connectivity index (χ4v) is 2.11. The lowest BCUT2D eigenvalue weighted by molar-refractivity contribution is 0.111. The maximum absolute atomic E-state index is 13.0. The van der Waals surface area contributed by atoms with E-state index in [1.165, 1.54) is 31.4 Å². The van der Waals surface area contributed by atoms with Crippen LogP contribution in [-0.2, 0) is 13.2 Å². The van der Waals surface area contributed by atoms with Gasteiger partial charge >= 0.3 is 0 Å². The van der Waals surface area contributed by atoms with Gasteiger partial charge in [0.25, 0.3) is 0 Å². The highest BCUT2D eigenvalue weighted by Crippen LogP contribution is 2.18. The molecule has 0 aliphatic carbocycles. The molecule has 0 N–H and O–H groups in total. The first-order valence-electron chi connectivity index (χ1n) is 7.49. The van der Waals surface area contributed by atoms with E-state index in [0.29, 0.717) is 17.7 Å². The third kappa shape index (κ3) is 4.65. The van der Waals surface area contributed by atoms with Crippen LogP contribution in [0.3, 0.4) is 0 Å². The normalized spacial score (nSPS) is 10.6. The molecule has 0 bridgehead atoms. The van der Waals surface area contributed by atoms with Crippen LogP contribution in [0.15, 0.2) is 24.4 Å². The Kier molecular flexibility index (Phi) is 6.06. The molecule has 0 fully saturated rings. The van der Waals surface area contributed by atoms with Crippen molar-refractivity contribution in [2.75, 3.05) is 0 Å². The first-order chi connectivity index (χ1) is 10.7. The number of nitrogens with zero attached hydrogens (tertiary/aromatic N) is 3. The molecule has 0 saturated carbocycles. The molecule has 1 aromatic carbocycles. The van der Waals surface area contributed by atoms with Gasteiger partial charge in [-0.1, -0.05) is 31.4 Å². The molecular weight excluding hydrogens is 285 g/mol. The highest BCUT2D eigenvalue weighted by atomic mass is 19.1. The fourth-order valence-electron chi connectivity index (χ4n) is 2.11. The van der Waals surface area contributed by atoms with E-state index in [1.807, 2.05) is 6.20 Å². The smallest absolute Gasteiger partial charge is 0.153 e. The summed E-state index contributed by atoms with van der Waals surface area (Å²) in [6.07, 6.45) is 7.08. The Morgan fingerprint density at radius 2 is 2.18 bits per heavy atom. The highest BCUT2D eigenvalue weighted by Gasteiger charge is 2.07. The second-order valence-electron chi connectivity index (χ2n) is 5.12. The molecule has 22 heavy (non-hydrogen) atoms. The molecule has 1 heterocycles. The molecule has 6 heteroatoms. The number of aromatic nitrogens is 3. The Morgan fingerprint density at radius 1 is 1.32 bits per heavy atom. The van der Waals surface area contributed by atoms with Gasteiger partial charge in [0.15, 0.2) is 6.29 Å². The number of rotatable bonds is 9. The Hall–Kier alpha value is -2.24. The molecule has 0 unspecified atom stereocenters. The number of carbonyl (C=O) groups is 1. The van der Waals surface area contributed by atoms with Crippen LogP contribution in [-0.4, -0.2) is 21.3 Å². The van der Waals surface area contributed by atoms with E-state index in [2.05, 4.69) is 17.2 Å². The summed E-state index contributed by atoms with van der Waals surface area (Å²) >= 11 is 0. The van der Waals surface area contributed by atoms with Crippen molar-refractivity contribution in [3.8, 4) is 5.75 Å². The highest BCUT2D eigenvalue weighted by molar-refractivity contribution is 5.79. The van der Waals surface area contributed by atoms with Crippen LogP contribution >= 0.6 is 0 Å². The van der Waals surface area contributed by atoms with Gasteiger partial charge in [0.1, 0.15) is 23.9 Å². The molecule has 0 radical (unpaired) electrons. The minimum Gasteiger partial charge on any atom is -0.486 e. The Bertz CT molecular complexity index is 613. The van der Waals surface area contributed by atoms with E-state index in [9.17, 15) is 9.18 Å². The number of halogens is 1. The monoisotopic (exact) mass is 305 g/mol. The summed E-state index contributed by atoms with van der Waals surface area (Å²) in [4.78, 5) is 10.9. The third-order valence-corrected chi connectivity index (χ3v) is 3.30. The standard InChI is InChI=1S/C16H20FN3O2/c1-2-3-4-5-8-20-10-15(18-19-20)12-22-16-7-6-14(17)9-13(16)11-21/h6-7,9-11H,2-5,8,12H2,1H3. The van der Waals surface area contributed by atoms with Crippen molar-refractivity contribution >= 4 is 6.29 Å². The van der Waals surface area contributed by atoms with Gasteiger partial charge in [-0.2, -0.15) is 0 Å². The van der Waals surface area contributed by atoms with Crippen molar-refractivity contribution in [1.82, 2.24) is 15.0 Å². The summed E-state index contributed by atoms with van der Waals surface area (Å²) in [7, 11) is 0. The summed E-state index contributed by atoms with van der Waals surface area (Å²) in [5.41, 5.74) is 0.864. The quantitative estimate of drug-likeness (QED) is 0.526. The minimum atomic E-state index is -0.465. The third-order valence-electron chi connectivity index (χ3n) is 3.30. The number of benzene rings is 1. The largest absolute Gasteiger partial charge is 0.486 e. The first kappa shape index (κ1) is 16.1. The lowest BCUT2D eigenvalue weighted by Gasteiger charge is -2.06. The lowest BCUT2D eigenvalue weighted by atomic mass is 10.2. The van der Waals surface area contributed by atoms with Gasteiger partial charge in [0.2, 0.25) is 0 Å². The van der Waals surface area contributed by atoms with Crippen molar-refractivity contribution in [3.05, 3.63) is 41.5 Å². The van der Waals surface area contributed by atoms with Gasteiger partial charge in [-0.05, 0) is 24.6 Å². The van der Waals surface area contributed by atoms with Crippen LogP contribution in [0.5, 0.6) is 5.75 Å².